The van der Waals surface area contributed by atoms with Crippen molar-refractivity contribution in [3.8, 4) is 5.69 Å². The molecule has 0 fully saturated rings. The fourth-order valence-corrected chi connectivity index (χ4v) is 3.94. The summed E-state index contributed by atoms with van der Waals surface area (Å²) in [5, 5.41) is 5.30. The summed E-state index contributed by atoms with van der Waals surface area (Å²) in [5.41, 5.74) is 2.99. The summed E-state index contributed by atoms with van der Waals surface area (Å²) in [7, 11) is 0. The Labute approximate surface area is 184 Å². The monoisotopic (exact) mass is 443 g/mol. The van der Waals surface area contributed by atoms with Crippen LogP contribution in [0, 0.1) is 0 Å². The molecule has 1 aliphatic rings. The van der Waals surface area contributed by atoms with Gasteiger partial charge in [0.15, 0.2) is 5.69 Å². The lowest BCUT2D eigenvalue weighted by molar-refractivity contribution is 0.0513. The molecule has 1 amide bonds. The number of ether oxygens (including phenoxy) is 1. The van der Waals surface area contributed by atoms with Gasteiger partial charge in [0, 0.05) is 23.6 Å². The number of halogens is 2. The van der Waals surface area contributed by atoms with Crippen molar-refractivity contribution in [2.75, 3.05) is 13.2 Å². The van der Waals surface area contributed by atoms with Crippen LogP contribution >= 0.6 is 23.2 Å². The maximum Gasteiger partial charge on any atom is 0.359 e. The van der Waals surface area contributed by atoms with Gasteiger partial charge in [-0.3, -0.25) is 4.79 Å². The van der Waals surface area contributed by atoms with Crippen LogP contribution in [-0.4, -0.2) is 39.7 Å². The predicted molar refractivity (Wildman–Crippen MR) is 114 cm³/mol. The lowest BCUT2D eigenvalue weighted by atomic mass is 10.0. The van der Waals surface area contributed by atoms with Gasteiger partial charge in [-0.15, -0.1) is 0 Å². The molecule has 2 heterocycles. The number of carbonyl (C=O) groups is 2. The first-order valence-electron chi connectivity index (χ1n) is 9.57. The van der Waals surface area contributed by atoms with Crippen LogP contribution < -0.4 is 0 Å². The van der Waals surface area contributed by atoms with Crippen molar-refractivity contribution in [3.05, 3.63) is 81.1 Å². The highest BCUT2D eigenvalue weighted by Gasteiger charge is 2.32. The zero-order valence-corrected chi connectivity index (χ0v) is 17.8. The first kappa shape index (κ1) is 20.4. The molecule has 0 N–H and O–H groups in total. The molecule has 0 unspecified atom stereocenters. The minimum Gasteiger partial charge on any atom is -0.461 e. The van der Waals surface area contributed by atoms with Gasteiger partial charge in [-0.2, -0.15) is 5.10 Å². The smallest absolute Gasteiger partial charge is 0.359 e. The van der Waals surface area contributed by atoms with E-state index in [9.17, 15) is 9.59 Å². The number of esters is 1. The number of fused-ring (bicyclic) bond motifs is 1. The molecule has 1 aromatic heterocycles. The van der Waals surface area contributed by atoms with Crippen molar-refractivity contribution >= 4 is 35.1 Å². The van der Waals surface area contributed by atoms with Crippen molar-refractivity contribution in [1.29, 1.82) is 0 Å². The number of nitrogens with zero attached hydrogens (tertiary/aromatic N) is 3. The zero-order chi connectivity index (χ0) is 21.3. The molecule has 0 spiro atoms. The average Bonchev–Trinajstić information content (AvgIpc) is 3.15. The van der Waals surface area contributed by atoms with Crippen LogP contribution in [0.4, 0.5) is 0 Å². The van der Waals surface area contributed by atoms with Crippen molar-refractivity contribution in [2.24, 2.45) is 0 Å². The minimum absolute atomic E-state index is 0.227. The molecule has 0 radical (unpaired) electrons. The molecule has 2 aromatic carbocycles. The summed E-state index contributed by atoms with van der Waals surface area (Å²) in [5.74, 6) is -0.742. The van der Waals surface area contributed by atoms with Crippen LogP contribution in [0.3, 0.4) is 0 Å². The molecular formula is C22H19Cl2N3O3. The number of hydrogen-bond acceptors (Lipinski definition) is 4. The molecule has 0 saturated heterocycles. The van der Waals surface area contributed by atoms with Gasteiger partial charge in [-0.1, -0.05) is 41.4 Å². The maximum absolute atomic E-state index is 13.1. The number of hydrogen-bond donors (Lipinski definition) is 0. The number of amides is 1. The number of carbonyl (C=O) groups excluding carboxylic acids is 2. The second-order valence-electron chi connectivity index (χ2n) is 6.84. The van der Waals surface area contributed by atoms with Crippen LogP contribution in [0.5, 0.6) is 0 Å². The molecule has 4 rings (SSSR count). The Hall–Kier alpha value is -2.83. The highest BCUT2D eigenvalue weighted by Crippen LogP contribution is 2.29. The lowest BCUT2D eigenvalue weighted by Gasteiger charge is -2.28. The second kappa shape index (κ2) is 8.50. The van der Waals surface area contributed by atoms with Crippen LogP contribution in [-0.2, 0) is 17.7 Å². The summed E-state index contributed by atoms with van der Waals surface area (Å²) in [6.07, 6.45) is 0.542. The van der Waals surface area contributed by atoms with E-state index < -0.39 is 5.97 Å². The molecule has 0 bridgehead atoms. The molecule has 0 aliphatic carbocycles. The van der Waals surface area contributed by atoms with E-state index in [2.05, 4.69) is 5.10 Å². The topological polar surface area (TPSA) is 64.4 Å². The van der Waals surface area contributed by atoms with Crippen LogP contribution in [0.25, 0.3) is 5.69 Å². The Kier molecular flexibility index (Phi) is 5.79. The molecule has 1 aliphatic heterocycles. The number of aromatic nitrogens is 2. The standard InChI is InChI=1S/C22H19Cl2N3O3/c1-2-30-22(29)20-17-13-26(21(28)16-12-14(23)8-9-18(16)24)11-10-19(17)27(25-20)15-6-4-3-5-7-15/h3-9,12H,2,10-11,13H2,1H3. The van der Waals surface area contributed by atoms with Gasteiger partial charge in [0.05, 0.1) is 35.1 Å². The molecule has 30 heavy (non-hydrogen) atoms. The van der Waals surface area contributed by atoms with Gasteiger partial charge in [0.25, 0.3) is 5.91 Å². The Morgan fingerprint density at radius 1 is 1.13 bits per heavy atom. The Morgan fingerprint density at radius 3 is 2.63 bits per heavy atom. The third kappa shape index (κ3) is 3.80. The third-order valence-corrected chi connectivity index (χ3v) is 5.54. The van der Waals surface area contributed by atoms with Crippen molar-refractivity contribution in [2.45, 2.75) is 19.9 Å². The molecule has 0 saturated carbocycles. The van der Waals surface area contributed by atoms with E-state index in [1.807, 2.05) is 30.3 Å². The second-order valence-corrected chi connectivity index (χ2v) is 7.69. The van der Waals surface area contributed by atoms with E-state index in [1.54, 1.807) is 34.7 Å². The van der Waals surface area contributed by atoms with E-state index in [1.165, 1.54) is 0 Å². The minimum atomic E-state index is -0.501. The van der Waals surface area contributed by atoms with E-state index in [4.69, 9.17) is 27.9 Å². The summed E-state index contributed by atoms with van der Waals surface area (Å²) in [6, 6.07) is 14.4. The largest absolute Gasteiger partial charge is 0.461 e. The first-order chi connectivity index (χ1) is 14.5. The summed E-state index contributed by atoms with van der Waals surface area (Å²) < 4.78 is 6.96. The fraction of sp³-hybridized carbons (Fsp3) is 0.227. The molecule has 6 nitrogen and oxygen atoms in total. The molecular weight excluding hydrogens is 425 g/mol. The highest BCUT2D eigenvalue weighted by molar-refractivity contribution is 6.35. The molecule has 0 atom stereocenters. The molecule has 3 aromatic rings. The predicted octanol–water partition coefficient (Wildman–Crippen LogP) is 4.55. The van der Waals surface area contributed by atoms with E-state index in [0.717, 1.165) is 11.4 Å². The van der Waals surface area contributed by atoms with Crippen molar-refractivity contribution < 1.29 is 14.3 Å². The normalized spacial score (nSPS) is 13.1. The Morgan fingerprint density at radius 2 is 1.90 bits per heavy atom. The first-order valence-corrected chi connectivity index (χ1v) is 10.3. The molecule has 154 valence electrons. The summed E-state index contributed by atoms with van der Waals surface area (Å²) >= 11 is 12.3. The van der Waals surface area contributed by atoms with Gasteiger partial charge in [0.2, 0.25) is 0 Å². The van der Waals surface area contributed by atoms with Crippen LogP contribution in [0.15, 0.2) is 48.5 Å². The van der Waals surface area contributed by atoms with Gasteiger partial charge in [-0.25, -0.2) is 9.48 Å². The van der Waals surface area contributed by atoms with Crippen molar-refractivity contribution in [1.82, 2.24) is 14.7 Å². The quantitative estimate of drug-likeness (QED) is 0.554. The zero-order valence-electron chi connectivity index (χ0n) is 16.3. The van der Waals surface area contributed by atoms with Crippen molar-refractivity contribution in [3.63, 3.8) is 0 Å². The van der Waals surface area contributed by atoms with E-state index in [0.29, 0.717) is 34.1 Å². The van der Waals surface area contributed by atoms with Gasteiger partial charge in [0.1, 0.15) is 0 Å². The number of rotatable bonds is 4. The van der Waals surface area contributed by atoms with Crippen LogP contribution in [0.1, 0.15) is 39.0 Å². The third-order valence-electron chi connectivity index (χ3n) is 4.97. The highest BCUT2D eigenvalue weighted by atomic mass is 35.5. The van der Waals surface area contributed by atoms with Gasteiger partial charge in [-0.05, 0) is 37.3 Å². The number of benzene rings is 2. The Bertz CT molecular complexity index is 1110. The number of para-hydroxylation sites is 1. The average molecular weight is 444 g/mol. The Balaban J connectivity index is 1.73. The van der Waals surface area contributed by atoms with Gasteiger partial charge >= 0.3 is 5.97 Å². The molecule has 8 heteroatoms. The SMILES string of the molecule is CCOC(=O)c1nn(-c2ccccc2)c2c1CN(C(=O)c1cc(Cl)ccc1Cl)CC2. The summed E-state index contributed by atoms with van der Waals surface area (Å²) in [4.78, 5) is 27.3. The van der Waals surface area contributed by atoms with Crippen LogP contribution in [0.2, 0.25) is 10.0 Å². The lowest BCUT2D eigenvalue weighted by Crippen LogP contribution is -2.37. The van der Waals surface area contributed by atoms with E-state index in [-0.39, 0.29) is 24.8 Å². The maximum atomic E-state index is 13.1. The van der Waals surface area contributed by atoms with E-state index >= 15 is 0 Å². The van der Waals surface area contributed by atoms with Gasteiger partial charge < -0.3 is 9.64 Å². The summed E-state index contributed by atoms with van der Waals surface area (Å²) in [6.45, 7) is 2.69. The fourth-order valence-electron chi connectivity index (χ4n) is 3.57.